The number of imidazole rings is 1. The number of fused-ring (bicyclic) bond motifs is 1. The number of hydrogen-bond acceptors (Lipinski definition) is 5. The van der Waals surface area contributed by atoms with Gasteiger partial charge in [-0.2, -0.15) is 5.10 Å². The molecule has 0 spiro atoms. The van der Waals surface area contributed by atoms with Crippen LogP contribution in [0, 0.1) is 6.92 Å². The molecule has 1 fully saturated rings. The second kappa shape index (κ2) is 12.9. The summed E-state index contributed by atoms with van der Waals surface area (Å²) < 4.78 is 0. The molecular formula is C32H43N7. The van der Waals surface area contributed by atoms with Crippen LogP contribution < -0.4 is 0 Å². The highest BCUT2D eigenvalue weighted by Crippen LogP contribution is 2.31. The molecule has 0 aliphatic carbocycles. The highest BCUT2D eigenvalue weighted by Gasteiger charge is 2.22. The topological polar surface area (TPSA) is 67.1 Å². The van der Waals surface area contributed by atoms with Gasteiger partial charge in [-0.05, 0) is 89.3 Å². The van der Waals surface area contributed by atoms with Crippen molar-refractivity contribution in [1.29, 1.82) is 0 Å². The van der Waals surface area contributed by atoms with E-state index in [2.05, 4.69) is 114 Å². The maximum absolute atomic E-state index is 5.07. The summed E-state index contributed by atoms with van der Waals surface area (Å²) in [7, 11) is 6.39. The molecule has 4 rings (SSSR count). The highest BCUT2D eigenvalue weighted by molar-refractivity contribution is 5.94. The van der Waals surface area contributed by atoms with E-state index in [1.165, 1.54) is 11.1 Å². The Morgan fingerprint density at radius 1 is 1.15 bits per heavy atom. The minimum absolute atomic E-state index is 0.767. The van der Waals surface area contributed by atoms with Crippen LogP contribution in [0.15, 0.2) is 67.3 Å². The van der Waals surface area contributed by atoms with Crippen LogP contribution in [0.4, 0.5) is 0 Å². The van der Waals surface area contributed by atoms with Crippen LogP contribution >= 0.6 is 0 Å². The van der Waals surface area contributed by atoms with Crippen molar-refractivity contribution in [3.8, 4) is 11.5 Å². The monoisotopic (exact) mass is 525 g/mol. The Bertz CT molecular complexity index is 1390. The van der Waals surface area contributed by atoms with Gasteiger partial charge in [-0.25, -0.2) is 4.98 Å². The van der Waals surface area contributed by atoms with Crippen LogP contribution in [-0.2, 0) is 0 Å². The van der Waals surface area contributed by atoms with Gasteiger partial charge >= 0.3 is 0 Å². The lowest BCUT2D eigenvalue weighted by Crippen LogP contribution is -2.43. The van der Waals surface area contributed by atoms with E-state index in [1.807, 2.05) is 12.2 Å². The number of likely N-dealkylation sites (N-methyl/N-ethyl adjacent to an activating group) is 1. The van der Waals surface area contributed by atoms with Crippen LogP contribution in [0.3, 0.4) is 0 Å². The molecule has 2 N–H and O–H groups in total. The molecule has 206 valence electrons. The predicted molar refractivity (Wildman–Crippen MR) is 165 cm³/mol. The number of aryl methyl sites for hydroxylation is 1. The van der Waals surface area contributed by atoms with Crippen molar-refractivity contribution in [1.82, 2.24) is 34.9 Å². The van der Waals surface area contributed by atoms with Gasteiger partial charge in [-0.3, -0.25) is 5.10 Å². The minimum atomic E-state index is 0.767. The summed E-state index contributed by atoms with van der Waals surface area (Å²) in [4.78, 5) is 15.6. The van der Waals surface area contributed by atoms with Gasteiger partial charge in [0.25, 0.3) is 0 Å². The molecule has 0 atom stereocenters. The first-order valence-electron chi connectivity index (χ1n) is 13.8. The Kier molecular flexibility index (Phi) is 9.38. The molecule has 0 saturated carbocycles. The average Bonchev–Trinajstić information content (AvgIpc) is 3.52. The molecule has 0 bridgehead atoms. The number of allylic oxidation sites excluding steroid dienone is 7. The summed E-state index contributed by atoms with van der Waals surface area (Å²) in [5.74, 6) is 0.767. The van der Waals surface area contributed by atoms with Gasteiger partial charge in [-0.15, -0.1) is 0 Å². The van der Waals surface area contributed by atoms with Crippen LogP contribution in [0.2, 0.25) is 0 Å². The van der Waals surface area contributed by atoms with Gasteiger partial charge in [0.2, 0.25) is 0 Å². The van der Waals surface area contributed by atoms with E-state index in [-0.39, 0.29) is 0 Å². The first kappa shape index (κ1) is 28.3. The number of aromatic nitrogens is 4. The van der Waals surface area contributed by atoms with E-state index in [4.69, 9.17) is 4.98 Å². The lowest BCUT2D eigenvalue weighted by atomic mass is 9.99. The summed E-state index contributed by atoms with van der Waals surface area (Å²) in [5, 5.41) is 8.92. The summed E-state index contributed by atoms with van der Waals surface area (Å²) in [6.07, 6.45) is 12.4. The first-order valence-corrected chi connectivity index (χ1v) is 13.8. The van der Waals surface area contributed by atoms with Crippen molar-refractivity contribution < 1.29 is 0 Å². The van der Waals surface area contributed by atoms with Gasteiger partial charge in [0, 0.05) is 37.3 Å². The zero-order valence-electron chi connectivity index (χ0n) is 24.2. The average molecular weight is 526 g/mol. The van der Waals surface area contributed by atoms with E-state index in [0.717, 1.165) is 90.6 Å². The van der Waals surface area contributed by atoms with Crippen molar-refractivity contribution >= 4 is 22.2 Å². The van der Waals surface area contributed by atoms with Gasteiger partial charge in [0.05, 0.1) is 11.2 Å². The molecule has 7 nitrogen and oxygen atoms in total. The molecule has 3 aromatic rings. The second-order valence-corrected chi connectivity index (χ2v) is 10.5. The summed E-state index contributed by atoms with van der Waals surface area (Å²) in [6.45, 7) is 17.2. The molecule has 7 heteroatoms. The standard InChI is InChI=1S/C32H43N7/c1-8-12-29(39-19-17-38(7)18-20-39)30-23(4)33-32(34-30)31-27-22-26(14-15-28(27)35-36-31)25(10-3)21-24(9-2)13-11-16-37(5)6/h8-10,12,14-15,21-22H,1-2,11,13,16-20H2,3-7H3,(H,33,34)(H,35,36)/b24-21+,25-10+,29-12+. The quantitative estimate of drug-likeness (QED) is 0.306. The summed E-state index contributed by atoms with van der Waals surface area (Å²) >= 11 is 0. The van der Waals surface area contributed by atoms with E-state index >= 15 is 0 Å². The van der Waals surface area contributed by atoms with Crippen LogP contribution in [0.25, 0.3) is 33.7 Å². The van der Waals surface area contributed by atoms with E-state index in [1.54, 1.807) is 0 Å². The maximum atomic E-state index is 5.07. The number of rotatable bonds is 11. The SMILES string of the molecule is C=C/C=C(\c1nc(-c2n[nH]c3ccc(C(/C=C(\C=C)CCCN(C)C)=C/C)cc23)[nH]c1C)N1CCN(C)CC1. The zero-order valence-corrected chi connectivity index (χ0v) is 24.2. The molecule has 1 saturated heterocycles. The van der Waals surface area contributed by atoms with E-state index in [9.17, 15) is 0 Å². The molecular weight excluding hydrogens is 482 g/mol. The molecule has 2 aromatic heterocycles. The first-order chi connectivity index (χ1) is 18.8. The molecule has 1 aromatic carbocycles. The van der Waals surface area contributed by atoms with Crippen LogP contribution in [0.5, 0.6) is 0 Å². The van der Waals surface area contributed by atoms with Crippen LogP contribution in [-0.4, -0.2) is 88.7 Å². The molecule has 0 radical (unpaired) electrons. The second-order valence-electron chi connectivity index (χ2n) is 10.5. The summed E-state index contributed by atoms with van der Waals surface area (Å²) in [6, 6.07) is 6.45. The molecule has 1 aliphatic heterocycles. The number of nitrogens with one attached hydrogen (secondary N) is 2. The number of benzene rings is 1. The van der Waals surface area contributed by atoms with E-state index < -0.39 is 0 Å². The number of H-pyrrole nitrogens is 2. The molecule has 3 heterocycles. The molecule has 39 heavy (non-hydrogen) atoms. The lowest BCUT2D eigenvalue weighted by molar-refractivity contribution is 0.207. The fraction of sp³-hybridized carbons (Fsp3) is 0.375. The van der Waals surface area contributed by atoms with Crippen molar-refractivity contribution in [3.63, 3.8) is 0 Å². The van der Waals surface area contributed by atoms with Crippen LogP contribution in [0.1, 0.15) is 36.7 Å². The van der Waals surface area contributed by atoms with Gasteiger partial charge in [0.15, 0.2) is 5.82 Å². The zero-order chi connectivity index (χ0) is 27.9. The fourth-order valence-electron chi connectivity index (χ4n) is 5.05. The number of nitrogens with zero attached hydrogens (tertiary/aromatic N) is 5. The van der Waals surface area contributed by atoms with Gasteiger partial charge in [-0.1, -0.05) is 43.5 Å². The Balaban J connectivity index is 1.66. The molecule has 0 amide bonds. The Morgan fingerprint density at radius 2 is 1.92 bits per heavy atom. The number of piperazine rings is 1. The van der Waals surface area contributed by atoms with Crippen molar-refractivity contribution in [3.05, 3.63) is 84.3 Å². The Labute approximate surface area is 233 Å². The highest BCUT2D eigenvalue weighted by atomic mass is 15.3. The van der Waals surface area contributed by atoms with Crippen molar-refractivity contribution in [2.75, 3.05) is 53.9 Å². The smallest absolute Gasteiger partial charge is 0.159 e. The number of hydrogen-bond donors (Lipinski definition) is 2. The summed E-state index contributed by atoms with van der Waals surface area (Å²) in [5.41, 5.74) is 8.45. The largest absolute Gasteiger partial charge is 0.367 e. The van der Waals surface area contributed by atoms with Gasteiger partial charge < -0.3 is 19.7 Å². The molecule has 0 unspecified atom stereocenters. The third-order valence-corrected chi connectivity index (χ3v) is 7.35. The Morgan fingerprint density at radius 3 is 2.59 bits per heavy atom. The van der Waals surface area contributed by atoms with Gasteiger partial charge in [0.1, 0.15) is 11.4 Å². The maximum Gasteiger partial charge on any atom is 0.159 e. The van der Waals surface area contributed by atoms with E-state index in [0.29, 0.717) is 0 Å². The number of aromatic amines is 2. The van der Waals surface area contributed by atoms with Crippen molar-refractivity contribution in [2.45, 2.75) is 26.7 Å². The Hall–Kier alpha value is -3.68. The van der Waals surface area contributed by atoms with Crippen molar-refractivity contribution in [2.24, 2.45) is 0 Å². The minimum Gasteiger partial charge on any atom is -0.367 e. The third-order valence-electron chi connectivity index (χ3n) is 7.35. The third kappa shape index (κ3) is 6.67. The predicted octanol–water partition coefficient (Wildman–Crippen LogP) is 5.89. The molecule has 1 aliphatic rings. The lowest BCUT2D eigenvalue weighted by Gasteiger charge is -2.35. The fourth-order valence-corrected chi connectivity index (χ4v) is 5.05. The normalized spacial score (nSPS) is 15.9.